The van der Waals surface area contributed by atoms with E-state index in [4.69, 9.17) is 9.47 Å². The van der Waals surface area contributed by atoms with Crippen molar-refractivity contribution in [1.29, 1.82) is 0 Å². The van der Waals surface area contributed by atoms with Gasteiger partial charge in [-0.05, 0) is 51.7 Å². The summed E-state index contributed by atoms with van der Waals surface area (Å²) in [5, 5.41) is 3.96. The molecule has 1 amide bonds. The van der Waals surface area contributed by atoms with E-state index >= 15 is 0 Å². The summed E-state index contributed by atoms with van der Waals surface area (Å²) in [6, 6.07) is 13.2. The standard InChI is InChI=1S/C21H23BrN2O3/c1-4-11-26-19-8-6-5-7-17(19)13-23-24-21(25)14-27-20-10-9-16(15(2)3)12-18(20)22/h4-10,12-13,15H,1,11,14H2,2-3H3,(H,24,25)/b23-13+. The predicted octanol–water partition coefficient (Wildman–Crippen LogP) is 4.67. The van der Waals surface area contributed by atoms with Crippen molar-refractivity contribution in [2.75, 3.05) is 13.2 Å². The second-order valence-corrected chi connectivity index (χ2v) is 6.92. The van der Waals surface area contributed by atoms with E-state index in [9.17, 15) is 4.79 Å². The van der Waals surface area contributed by atoms with Gasteiger partial charge in [0.1, 0.15) is 18.1 Å². The number of halogens is 1. The largest absolute Gasteiger partial charge is 0.489 e. The third-order valence-corrected chi connectivity index (χ3v) is 4.27. The molecule has 0 saturated heterocycles. The Morgan fingerprint density at radius 1 is 1.22 bits per heavy atom. The minimum absolute atomic E-state index is 0.133. The molecule has 0 saturated carbocycles. The summed E-state index contributed by atoms with van der Waals surface area (Å²) in [6.07, 6.45) is 3.20. The lowest BCUT2D eigenvalue weighted by molar-refractivity contribution is -0.123. The molecule has 0 spiro atoms. The summed E-state index contributed by atoms with van der Waals surface area (Å²) < 4.78 is 11.9. The van der Waals surface area contributed by atoms with Crippen molar-refractivity contribution in [2.24, 2.45) is 5.10 Å². The van der Waals surface area contributed by atoms with Crippen molar-refractivity contribution < 1.29 is 14.3 Å². The van der Waals surface area contributed by atoms with Crippen LogP contribution >= 0.6 is 15.9 Å². The van der Waals surface area contributed by atoms with Crippen LogP contribution in [0.15, 0.2) is 64.7 Å². The molecular formula is C21H23BrN2O3. The quantitative estimate of drug-likeness (QED) is 0.357. The number of hydrogen-bond donors (Lipinski definition) is 1. The van der Waals surface area contributed by atoms with Crippen LogP contribution in [-0.4, -0.2) is 25.3 Å². The number of rotatable bonds is 9. The van der Waals surface area contributed by atoms with E-state index in [0.717, 1.165) is 10.0 Å². The Bertz CT molecular complexity index is 819. The van der Waals surface area contributed by atoms with E-state index in [-0.39, 0.29) is 12.5 Å². The van der Waals surface area contributed by atoms with Gasteiger partial charge in [0.2, 0.25) is 0 Å². The van der Waals surface area contributed by atoms with Crippen LogP contribution in [0.2, 0.25) is 0 Å². The number of carbonyl (C=O) groups excluding carboxylic acids is 1. The van der Waals surface area contributed by atoms with E-state index in [1.54, 1.807) is 6.08 Å². The molecule has 0 heterocycles. The van der Waals surface area contributed by atoms with Crippen molar-refractivity contribution >= 4 is 28.1 Å². The van der Waals surface area contributed by atoms with Gasteiger partial charge in [-0.1, -0.05) is 44.7 Å². The molecule has 0 unspecified atom stereocenters. The summed E-state index contributed by atoms with van der Waals surface area (Å²) in [5.74, 6) is 1.35. The minimum atomic E-state index is -0.351. The lowest BCUT2D eigenvalue weighted by Crippen LogP contribution is -2.24. The number of hydrogen-bond acceptors (Lipinski definition) is 4. The third kappa shape index (κ3) is 6.57. The molecule has 0 aromatic heterocycles. The van der Waals surface area contributed by atoms with Crippen LogP contribution in [0.5, 0.6) is 11.5 Å². The monoisotopic (exact) mass is 430 g/mol. The second-order valence-electron chi connectivity index (χ2n) is 6.06. The van der Waals surface area contributed by atoms with Gasteiger partial charge >= 0.3 is 0 Å². The van der Waals surface area contributed by atoms with Crippen molar-refractivity contribution in [2.45, 2.75) is 19.8 Å². The van der Waals surface area contributed by atoms with Gasteiger partial charge in [0.25, 0.3) is 5.91 Å². The first kappa shape index (κ1) is 20.7. The molecule has 6 heteroatoms. The fourth-order valence-electron chi connectivity index (χ4n) is 2.21. The maximum Gasteiger partial charge on any atom is 0.277 e. The fraction of sp³-hybridized carbons (Fsp3) is 0.238. The Hall–Kier alpha value is -2.60. The fourth-order valence-corrected chi connectivity index (χ4v) is 2.72. The van der Waals surface area contributed by atoms with Crippen LogP contribution in [0.1, 0.15) is 30.9 Å². The summed E-state index contributed by atoms with van der Waals surface area (Å²) in [6.45, 7) is 8.13. The van der Waals surface area contributed by atoms with Crippen LogP contribution in [-0.2, 0) is 4.79 Å². The smallest absolute Gasteiger partial charge is 0.277 e. The molecule has 0 fully saturated rings. The zero-order valence-electron chi connectivity index (χ0n) is 15.4. The Kier molecular flexibility index (Phi) is 8.07. The maximum absolute atomic E-state index is 11.9. The molecule has 0 aliphatic heterocycles. The Morgan fingerprint density at radius 3 is 2.70 bits per heavy atom. The highest BCUT2D eigenvalue weighted by Gasteiger charge is 2.08. The molecule has 0 radical (unpaired) electrons. The molecule has 0 aliphatic carbocycles. The summed E-state index contributed by atoms with van der Waals surface area (Å²) in [5.41, 5.74) is 4.40. The molecule has 142 valence electrons. The maximum atomic E-state index is 11.9. The molecule has 2 aromatic carbocycles. The lowest BCUT2D eigenvalue weighted by atomic mass is 10.0. The van der Waals surface area contributed by atoms with E-state index in [0.29, 0.717) is 24.0 Å². The first-order chi connectivity index (χ1) is 13.0. The second kappa shape index (κ2) is 10.5. The van der Waals surface area contributed by atoms with Crippen LogP contribution in [0.25, 0.3) is 0 Å². The average molecular weight is 431 g/mol. The van der Waals surface area contributed by atoms with E-state index in [1.807, 2.05) is 42.5 Å². The molecule has 2 rings (SSSR count). The zero-order valence-corrected chi connectivity index (χ0v) is 17.0. The molecule has 27 heavy (non-hydrogen) atoms. The highest BCUT2D eigenvalue weighted by Crippen LogP contribution is 2.28. The number of carbonyl (C=O) groups is 1. The number of benzene rings is 2. The Labute approximate surface area is 168 Å². The Morgan fingerprint density at radius 2 is 2.00 bits per heavy atom. The number of hydrazone groups is 1. The van der Waals surface area contributed by atoms with Gasteiger partial charge in [-0.15, -0.1) is 0 Å². The highest BCUT2D eigenvalue weighted by atomic mass is 79.9. The van der Waals surface area contributed by atoms with Crippen molar-refractivity contribution in [3.05, 3.63) is 70.7 Å². The summed E-state index contributed by atoms with van der Waals surface area (Å²) in [4.78, 5) is 11.9. The SMILES string of the molecule is C=CCOc1ccccc1/C=N/NC(=O)COc1ccc(C(C)C)cc1Br. The average Bonchev–Trinajstić information content (AvgIpc) is 2.66. The van der Waals surface area contributed by atoms with Gasteiger partial charge in [0.05, 0.1) is 10.7 Å². The molecule has 0 bridgehead atoms. The van der Waals surface area contributed by atoms with Gasteiger partial charge in [-0.2, -0.15) is 5.10 Å². The zero-order chi connectivity index (χ0) is 19.6. The van der Waals surface area contributed by atoms with Gasteiger partial charge in [0.15, 0.2) is 6.61 Å². The minimum Gasteiger partial charge on any atom is -0.489 e. The first-order valence-corrected chi connectivity index (χ1v) is 9.37. The topological polar surface area (TPSA) is 59.9 Å². The van der Waals surface area contributed by atoms with Gasteiger partial charge in [0, 0.05) is 5.56 Å². The normalized spacial score (nSPS) is 10.8. The number of para-hydroxylation sites is 1. The molecule has 1 N–H and O–H groups in total. The van der Waals surface area contributed by atoms with Gasteiger partial charge in [-0.25, -0.2) is 5.43 Å². The third-order valence-electron chi connectivity index (χ3n) is 3.65. The molecule has 0 atom stereocenters. The first-order valence-electron chi connectivity index (χ1n) is 8.58. The van der Waals surface area contributed by atoms with Crippen LogP contribution < -0.4 is 14.9 Å². The molecular weight excluding hydrogens is 408 g/mol. The van der Waals surface area contributed by atoms with Gasteiger partial charge < -0.3 is 9.47 Å². The number of nitrogens with zero attached hydrogens (tertiary/aromatic N) is 1. The van der Waals surface area contributed by atoms with Crippen molar-refractivity contribution in [3.63, 3.8) is 0 Å². The van der Waals surface area contributed by atoms with Crippen molar-refractivity contribution in [1.82, 2.24) is 5.43 Å². The van der Waals surface area contributed by atoms with E-state index in [2.05, 4.69) is 46.9 Å². The Balaban J connectivity index is 1.88. The van der Waals surface area contributed by atoms with E-state index in [1.165, 1.54) is 11.8 Å². The number of amides is 1. The number of ether oxygens (including phenoxy) is 2. The number of nitrogens with one attached hydrogen (secondary N) is 1. The molecule has 0 aliphatic rings. The van der Waals surface area contributed by atoms with Crippen LogP contribution in [0.3, 0.4) is 0 Å². The molecule has 2 aromatic rings. The van der Waals surface area contributed by atoms with Gasteiger partial charge in [-0.3, -0.25) is 4.79 Å². The lowest BCUT2D eigenvalue weighted by Gasteiger charge is -2.11. The van der Waals surface area contributed by atoms with Crippen molar-refractivity contribution in [3.8, 4) is 11.5 Å². The highest BCUT2D eigenvalue weighted by molar-refractivity contribution is 9.10. The summed E-state index contributed by atoms with van der Waals surface area (Å²) in [7, 11) is 0. The van der Waals surface area contributed by atoms with E-state index < -0.39 is 0 Å². The van der Waals surface area contributed by atoms with Crippen LogP contribution in [0, 0.1) is 0 Å². The summed E-state index contributed by atoms with van der Waals surface area (Å²) >= 11 is 3.47. The molecule has 5 nitrogen and oxygen atoms in total. The van der Waals surface area contributed by atoms with Crippen LogP contribution in [0.4, 0.5) is 0 Å². The predicted molar refractivity (Wildman–Crippen MR) is 112 cm³/mol.